The van der Waals surface area contributed by atoms with Crippen LogP contribution in [0.25, 0.3) is 0 Å². The van der Waals surface area contributed by atoms with E-state index in [1.807, 2.05) is 0 Å². The van der Waals surface area contributed by atoms with E-state index in [2.05, 4.69) is 0 Å². The van der Waals surface area contributed by atoms with Crippen molar-refractivity contribution >= 4 is 16.0 Å². The molecule has 0 saturated carbocycles. The summed E-state index contributed by atoms with van der Waals surface area (Å²) >= 11 is 0. The highest BCUT2D eigenvalue weighted by atomic mass is 32.2. The van der Waals surface area contributed by atoms with E-state index < -0.39 is 16.0 Å². The van der Waals surface area contributed by atoms with E-state index in [-0.39, 0.29) is 11.3 Å². The van der Waals surface area contributed by atoms with Crippen molar-refractivity contribution in [2.24, 2.45) is 0 Å². The maximum absolute atomic E-state index is 11.5. The van der Waals surface area contributed by atoms with Crippen LogP contribution in [-0.2, 0) is 15.8 Å². The molecule has 0 aliphatic heterocycles. The smallest absolute Gasteiger partial charge is 0.335 e. The van der Waals surface area contributed by atoms with Crippen molar-refractivity contribution in [3.8, 4) is 0 Å². The lowest BCUT2D eigenvalue weighted by Gasteiger charge is -2.10. The van der Waals surface area contributed by atoms with Gasteiger partial charge in [0.15, 0.2) is 0 Å². The van der Waals surface area contributed by atoms with Crippen molar-refractivity contribution in [2.45, 2.75) is 5.75 Å². The Hall–Kier alpha value is -1.40. The fourth-order valence-electron chi connectivity index (χ4n) is 1.08. The van der Waals surface area contributed by atoms with Crippen molar-refractivity contribution in [1.29, 1.82) is 0 Å². The standard InChI is InChI=1S/C10H13NO4S/c1-11(2)16(14,15)7-8-3-5-9(6-4-8)10(12)13/h3-6H,7H2,1-2H3,(H,12,13). The van der Waals surface area contributed by atoms with Gasteiger partial charge in [0.05, 0.1) is 11.3 Å². The van der Waals surface area contributed by atoms with Crippen LogP contribution < -0.4 is 0 Å². The Morgan fingerprint density at radius 1 is 1.25 bits per heavy atom. The van der Waals surface area contributed by atoms with Gasteiger partial charge >= 0.3 is 5.97 Å². The zero-order valence-electron chi connectivity index (χ0n) is 9.04. The van der Waals surface area contributed by atoms with Crippen LogP contribution in [0, 0.1) is 0 Å². The van der Waals surface area contributed by atoms with E-state index in [1.165, 1.54) is 38.4 Å². The van der Waals surface area contributed by atoms with E-state index in [9.17, 15) is 13.2 Å². The molecule has 16 heavy (non-hydrogen) atoms. The monoisotopic (exact) mass is 243 g/mol. The van der Waals surface area contributed by atoms with Gasteiger partial charge in [0, 0.05) is 14.1 Å². The summed E-state index contributed by atoms with van der Waals surface area (Å²) in [6, 6.07) is 5.79. The zero-order chi connectivity index (χ0) is 12.3. The largest absolute Gasteiger partial charge is 0.478 e. The second-order valence-corrected chi connectivity index (χ2v) is 5.72. The first-order valence-electron chi connectivity index (χ1n) is 4.55. The lowest BCUT2D eigenvalue weighted by atomic mass is 10.1. The van der Waals surface area contributed by atoms with Crippen molar-refractivity contribution in [3.63, 3.8) is 0 Å². The molecule has 0 bridgehead atoms. The molecular formula is C10H13NO4S. The van der Waals surface area contributed by atoms with Crippen molar-refractivity contribution < 1.29 is 18.3 Å². The average Bonchev–Trinajstić information content (AvgIpc) is 2.17. The first kappa shape index (κ1) is 12.7. The summed E-state index contributed by atoms with van der Waals surface area (Å²) in [6.45, 7) is 0. The molecule has 0 atom stereocenters. The zero-order valence-corrected chi connectivity index (χ0v) is 9.86. The highest BCUT2D eigenvalue weighted by Crippen LogP contribution is 2.10. The average molecular weight is 243 g/mol. The van der Waals surface area contributed by atoms with Gasteiger partial charge in [-0.25, -0.2) is 17.5 Å². The number of sulfonamides is 1. The summed E-state index contributed by atoms with van der Waals surface area (Å²) in [7, 11) is -0.380. The molecule has 0 unspecified atom stereocenters. The Balaban J connectivity index is 2.89. The van der Waals surface area contributed by atoms with E-state index in [0.29, 0.717) is 5.56 Å². The molecule has 0 heterocycles. The van der Waals surface area contributed by atoms with Crippen LogP contribution in [0.15, 0.2) is 24.3 Å². The molecule has 0 fully saturated rings. The van der Waals surface area contributed by atoms with Crippen LogP contribution >= 0.6 is 0 Å². The second-order valence-electron chi connectivity index (χ2n) is 3.54. The van der Waals surface area contributed by atoms with Crippen LogP contribution in [0.5, 0.6) is 0 Å². The number of hydrogen-bond donors (Lipinski definition) is 1. The third-order valence-electron chi connectivity index (χ3n) is 2.11. The normalized spacial score (nSPS) is 11.7. The Bertz CT molecular complexity index is 476. The number of nitrogens with zero attached hydrogens (tertiary/aromatic N) is 1. The molecule has 1 N–H and O–H groups in total. The molecule has 0 aromatic heterocycles. The van der Waals surface area contributed by atoms with Crippen molar-refractivity contribution in [3.05, 3.63) is 35.4 Å². The molecular weight excluding hydrogens is 230 g/mol. The highest BCUT2D eigenvalue weighted by Gasteiger charge is 2.14. The minimum Gasteiger partial charge on any atom is -0.478 e. The summed E-state index contributed by atoms with van der Waals surface area (Å²) in [5, 5.41) is 8.67. The SMILES string of the molecule is CN(C)S(=O)(=O)Cc1ccc(C(=O)O)cc1. The molecule has 0 amide bonds. The van der Waals surface area contributed by atoms with Crippen molar-refractivity contribution in [2.75, 3.05) is 14.1 Å². The molecule has 1 rings (SSSR count). The van der Waals surface area contributed by atoms with Gasteiger partial charge in [-0.2, -0.15) is 0 Å². The van der Waals surface area contributed by atoms with Gasteiger partial charge in [-0.15, -0.1) is 0 Å². The lowest BCUT2D eigenvalue weighted by Crippen LogP contribution is -2.23. The van der Waals surface area contributed by atoms with Gasteiger partial charge in [0.2, 0.25) is 10.0 Å². The van der Waals surface area contributed by atoms with E-state index in [4.69, 9.17) is 5.11 Å². The van der Waals surface area contributed by atoms with E-state index in [1.54, 1.807) is 0 Å². The number of carboxylic acid groups (broad SMARTS) is 1. The van der Waals surface area contributed by atoms with Crippen LogP contribution in [0.3, 0.4) is 0 Å². The summed E-state index contributed by atoms with van der Waals surface area (Å²) in [5.41, 5.74) is 0.713. The van der Waals surface area contributed by atoms with Gasteiger partial charge < -0.3 is 5.11 Å². The van der Waals surface area contributed by atoms with Gasteiger partial charge in [-0.3, -0.25) is 0 Å². The van der Waals surface area contributed by atoms with Crippen molar-refractivity contribution in [1.82, 2.24) is 4.31 Å². The molecule has 0 aliphatic rings. The quantitative estimate of drug-likeness (QED) is 0.847. The second kappa shape index (κ2) is 4.63. The molecule has 1 aromatic carbocycles. The Kier molecular flexibility index (Phi) is 3.66. The van der Waals surface area contributed by atoms with Crippen LogP contribution in [0.1, 0.15) is 15.9 Å². The molecule has 6 heteroatoms. The Morgan fingerprint density at radius 3 is 2.12 bits per heavy atom. The number of carboxylic acids is 1. The molecule has 0 spiro atoms. The van der Waals surface area contributed by atoms with Gasteiger partial charge in [-0.05, 0) is 17.7 Å². The fourth-order valence-corrected chi connectivity index (χ4v) is 1.96. The summed E-state index contributed by atoms with van der Waals surface area (Å²) in [5.74, 6) is -1.15. The van der Waals surface area contributed by atoms with E-state index >= 15 is 0 Å². The first-order chi connectivity index (χ1) is 7.33. The Morgan fingerprint density at radius 2 is 1.75 bits per heavy atom. The highest BCUT2D eigenvalue weighted by molar-refractivity contribution is 7.88. The first-order valence-corrected chi connectivity index (χ1v) is 6.16. The Labute approximate surface area is 94.4 Å². The van der Waals surface area contributed by atoms with Gasteiger partial charge in [0.1, 0.15) is 0 Å². The maximum atomic E-state index is 11.5. The molecule has 0 aliphatic carbocycles. The fraction of sp³-hybridized carbons (Fsp3) is 0.300. The minimum atomic E-state index is -3.30. The number of aromatic carboxylic acids is 1. The molecule has 0 radical (unpaired) electrons. The molecule has 88 valence electrons. The summed E-state index contributed by atoms with van der Waals surface area (Å²) < 4.78 is 24.2. The topological polar surface area (TPSA) is 74.7 Å². The van der Waals surface area contributed by atoms with Crippen LogP contribution in [-0.4, -0.2) is 37.9 Å². The number of carbonyl (C=O) groups is 1. The summed E-state index contributed by atoms with van der Waals surface area (Å²) in [4.78, 5) is 10.6. The predicted octanol–water partition coefficient (Wildman–Crippen LogP) is 0.776. The summed E-state index contributed by atoms with van der Waals surface area (Å²) in [6.07, 6.45) is 0. The van der Waals surface area contributed by atoms with Gasteiger partial charge in [-0.1, -0.05) is 12.1 Å². The molecule has 1 aromatic rings. The van der Waals surface area contributed by atoms with Crippen LogP contribution in [0.2, 0.25) is 0 Å². The molecule has 5 nitrogen and oxygen atoms in total. The number of rotatable bonds is 4. The maximum Gasteiger partial charge on any atom is 0.335 e. The third-order valence-corrected chi connectivity index (χ3v) is 3.92. The van der Waals surface area contributed by atoms with E-state index in [0.717, 1.165) is 4.31 Å². The number of hydrogen-bond acceptors (Lipinski definition) is 3. The lowest BCUT2D eigenvalue weighted by molar-refractivity contribution is 0.0697. The van der Waals surface area contributed by atoms with Crippen LogP contribution in [0.4, 0.5) is 0 Å². The predicted molar refractivity (Wildman–Crippen MR) is 59.7 cm³/mol. The third kappa shape index (κ3) is 3.04. The molecule has 0 saturated heterocycles. The number of benzene rings is 1. The minimum absolute atomic E-state index is 0.125. The van der Waals surface area contributed by atoms with Gasteiger partial charge in [0.25, 0.3) is 0 Å².